The van der Waals surface area contributed by atoms with Crippen LogP contribution in [0.15, 0.2) is 0 Å². The highest BCUT2D eigenvalue weighted by molar-refractivity contribution is 7.99. The molecule has 74 valence electrons. The lowest BCUT2D eigenvalue weighted by atomic mass is 10.0. The zero-order chi connectivity index (χ0) is 9.68. The van der Waals surface area contributed by atoms with Crippen LogP contribution in [-0.4, -0.2) is 29.9 Å². The number of hydrogen-bond acceptors (Lipinski definition) is 4. The summed E-state index contributed by atoms with van der Waals surface area (Å²) < 4.78 is 4.79. The van der Waals surface area contributed by atoms with Crippen LogP contribution in [0.5, 0.6) is 0 Å². The second-order valence-electron chi connectivity index (χ2n) is 3.00. The van der Waals surface area contributed by atoms with E-state index in [1.165, 1.54) is 0 Å². The van der Waals surface area contributed by atoms with Gasteiger partial charge in [0.25, 0.3) is 0 Å². The molecule has 0 aromatic rings. The van der Waals surface area contributed by atoms with Gasteiger partial charge >= 0.3 is 5.97 Å². The zero-order valence-electron chi connectivity index (χ0n) is 7.75. The number of ketones is 1. The number of Topliss-reactive ketones (excluding diaryl/α,β-unsaturated/α-hetero) is 1. The van der Waals surface area contributed by atoms with Crippen molar-refractivity contribution in [3.8, 4) is 0 Å². The second kappa shape index (κ2) is 5.27. The van der Waals surface area contributed by atoms with Crippen LogP contribution in [0.3, 0.4) is 0 Å². The first kappa shape index (κ1) is 10.6. The van der Waals surface area contributed by atoms with Crippen molar-refractivity contribution in [3.63, 3.8) is 0 Å². The van der Waals surface area contributed by atoms with Crippen molar-refractivity contribution < 1.29 is 14.3 Å². The normalized spacial score (nSPS) is 22.8. The molecule has 0 bridgehead atoms. The Labute approximate surface area is 82.2 Å². The minimum Gasteiger partial charge on any atom is -0.466 e. The van der Waals surface area contributed by atoms with Gasteiger partial charge in [0.15, 0.2) is 0 Å². The van der Waals surface area contributed by atoms with E-state index in [1.807, 2.05) is 0 Å². The van der Waals surface area contributed by atoms with Crippen molar-refractivity contribution in [2.45, 2.75) is 19.8 Å². The number of esters is 1. The predicted molar refractivity (Wildman–Crippen MR) is 51.7 cm³/mol. The van der Waals surface area contributed by atoms with E-state index in [-0.39, 0.29) is 24.1 Å². The molecule has 4 heteroatoms. The summed E-state index contributed by atoms with van der Waals surface area (Å²) in [6.45, 7) is 2.17. The van der Waals surface area contributed by atoms with Gasteiger partial charge in [-0.2, -0.15) is 11.8 Å². The standard InChI is InChI=1S/C9H14O3S/c1-2-12-9(11)5-7-6-13-4-3-8(7)10/h7H,2-6H2,1H3. The third kappa shape index (κ3) is 3.38. The Hall–Kier alpha value is -0.510. The minimum absolute atomic E-state index is 0.0993. The molecule has 0 saturated carbocycles. The molecule has 0 spiro atoms. The average molecular weight is 202 g/mol. The Bertz CT molecular complexity index is 203. The smallest absolute Gasteiger partial charge is 0.306 e. The van der Waals surface area contributed by atoms with E-state index in [0.717, 1.165) is 11.5 Å². The molecule has 1 rings (SSSR count). The van der Waals surface area contributed by atoms with Crippen LogP contribution < -0.4 is 0 Å². The molecular weight excluding hydrogens is 188 g/mol. The molecule has 0 aliphatic carbocycles. The van der Waals surface area contributed by atoms with Gasteiger partial charge in [0.05, 0.1) is 13.0 Å². The van der Waals surface area contributed by atoms with E-state index < -0.39 is 0 Å². The lowest BCUT2D eigenvalue weighted by Crippen LogP contribution is -2.25. The Balaban J connectivity index is 2.33. The summed E-state index contributed by atoms with van der Waals surface area (Å²) >= 11 is 1.74. The summed E-state index contributed by atoms with van der Waals surface area (Å²) in [5.74, 6) is 1.54. The largest absolute Gasteiger partial charge is 0.466 e. The second-order valence-corrected chi connectivity index (χ2v) is 4.15. The fraction of sp³-hybridized carbons (Fsp3) is 0.778. The maximum absolute atomic E-state index is 11.3. The molecule has 3 nitrogen and oxygen atoms in total. The van der Waals surface area contributed by atoms with Crippen molar-refractivity contribution >= 4 is 23.5 Å². The van der Waals surface area contributed by atoms with Crippen molar-refractivity contribution in [3.05, 3.63) is 0 Å². The summed E-state index contributed by atoms with van der Waals surface area (Å²) in [5.41, 5.74) is 0. The molecule has 1 fully saturated rings. The Morgan fingerprint density at radius 1 is 1.69 bits per heavy atom. The molecule has 1 aliphatic heterocycles. The van der Waals surface area contributed by atoms with Crippen LogP contribution in [0, 0.1) is 5.92 Å². The highest BCUT2D eigenvalue weighted by Gasteiger charge is 2.25. The van der Waals surface area contributed by atoms with Gasteiger partial charge in [-0.3, -0.25) is 9.59 Å². The number of carbonyl (C=O) groups excluding carboxylic acids is 2. The molecule has 1 unspecified atom stereocenters. The first-order valence-corrected chi connectivity index (χ1v) is 5.65. The molecule has 1 atom stereocenters. The Morgan fingerprint density at radius 3 is 3.08 bits per heavy atom. The van der Waals surface area contributed by atoms with Crippen LogP contribution >= 0.6 is 11.8 Å². The van der Waals surface area contributed by atoms with E-state index >= 15 is 0 Å². The van der Waals surface area contributed by atoms with Gasteiger partial charge in [-0.15, -0.1) is 0 Å². The quantitative estimate of drug-likeness (QED) is 0.646. The minimum atomic E-state index is -0.247. The van der Waals surface area contributed by atoms with E-state index in [1.54, 1.807) is 18.7 Å². The molecule has 1 aliphatic rings. The fourth-order valence-electron chi connectivity index (χ4n) is 1.29. The Kier molecular flexibility index (Phi) is 4.28. The van der Waals surface area contributed by atoms with Crippen LogP contribution in [0.1, 0.15) is 19.8 Å². The van der Waals surface area contributed by atoms with Gasteiger partial charge in [-0.1, -0.05) is 0 Å². The van der Waals surface area contributed by atoms with Crippen molar-refractivity contribution in [2.75, 3.05) is 18.1 Å². The van der Waals surface area contributed by atoms with Crippen molar-refractivity contribution in [1.29, 1.82) is 0 Å². The van der Waals surface area contributed by atoms with Gasteiger partial charge in [0.1, 0.15) is 5.78 Å². The lowest BCUT2D eigenvalue weighted by molar-refractivity contribution is -0.145. The average Bonchev–Trinajstić information content (AvgIpc) is 2.09. The number of carbonyl (C=O) groups is 2. The van der Waals surface area contributed by atoms with Crippen LogP contribution in [0.4, 0.5) is 0 Å². The lowest BCUT2D eigenvalue weighted by Gasteiger charge is -2.18. The molecule has 1 heterocycles. The highest BCUT2D eigenvalue weighted by Crippen LogP contribution is 2.22. The van der Waals surface area contributed by atoms with Gasteiger partial charge in [-0.25, -0.2) is 0 Å². The molecule has 1 saturated heterocycles. The number of rotatable bonds is 3. The van der Waals surface area contributed by atoms with Gasteiger partial charge in [-0.05, 0) is 6.92 Å². The van der Waals surface area contributed by atoms with Crippen molar-refractivity contribution in [1.82, 2.24) is 0 Å². The third-order valence-corrected chi connectivity index (χ3v) is 3.12. The summed E-state index contributed by atoms with van der Waals surface area (Å²) in [6.07, 6.45) is 0.869. The molecule has 0 radical (unpaired) electrons. The van der Waals surface area contributed by atoms with Crippen LogP contribution in [-0.2, 0) is 14.3 Å². The summed E-state index contributed by atoms with van der Waals surface area (Å²) in [5, 5.41) is 0. The predicted octanol–water partition coefficient (Wildman–Crippen LogP) is 1.26. The summed E-state index contributed by atoms with van der Waals surface area (Å²) in [7, 11) is 0. The molecule has 0 aromatic heterocycles. The number of hydrogen-bond donors (Lipinski definition) is 0. The first-order chi connectivity index (χ1) is 6.24. The maximum Gasteiger partial charge on any atom is 0.306 e. The number of thioether (sulfide) groups is 1. The van der Waals surface area contributed by atoms with E-state index in [9.17, 15) is 9.59 Å². The van der Waals surface area contributed by atoms with Gasteiger partial charge < -0.3 is 4.74 Å². The number of ether oxygens (including phenoxy) is 1. The molecule has 0 N–H and O–H groups in total. The van der Waals surface area contributed by atoms with E-state index in [2.05, 4.69) is 0 Å². The SMILES string of the molecule is CCOC(=O)CC1CSCCC1=O. The summed E-state index contributed by atoms with van der Waals surface area (Å²) in [6, 6.07) is 0. The van der Waals surface area contributed by atoms with E-state index in [0.29, 0.717) is 13.0 Å². The fourth-order valence-corrected chi connectivity index (χ4v) is 2.39. The molecule has 13 heavy (non-hydrogen) atoms. The first-order valence-electron chi connectivity index (χ1n) is 4.50. The Morgan fingerprint density at radius 2 is 2.46 bits per heavy atom. The molecular formula is C9H14O3S. The topological polar surface area (TPSA) is 43.4 Å². The summed E-state index contributed by atoms with van der Waals surface area (Å²) in [4.78, 5) is 22.4. The molecule has 0 aromatic carbocycles. The highest BCUT2D eigenvalue weighted by atomic mass is 32.2. The van der Waals surface area contributed by atoms with Gasteiger partial charge in [0.2, 0.25) is 0 Å². The maximum atomic E-state index is 11.3. The van der Waals surface area contributed by atoms with E-state index in [4.69, 9.17) is 4.74 Å². The van der Waals surface area contributed by atoms with Crippen LogP contribution in [0.25, 0.3) is 0 Å². The molecule has 0 amide bonds. The monoisotopic (exact) mass is 202 g/mol. The van der Waals surface area contributed by atoms with Gasteiger partial charge in [0, 0.05) is 23.8 Å². The zero-order valence-corrected chi connectivity index (χ0v) is 8.56. The van der Waals surface area contributed by atoms with Crippen molar-refractivity contribution in [2.24, 2.45) is 5.92 Å². The third-order valence-electron chi connectivity index (χ3n) is 1.99. The van der Waals surface area contributed by atoms with Crippen LogP contribution in [0.2, 0.25) is 0 Å².